The van der Waals surface area contributed by atoms with E-state index in [9.17, 15) is 9.59 Å². The Morgan fingerprint density at radius 2 is 1.90 bits per heavy atom. The summed E-state index contributed by atoms with van der Waals surface area (Å²) in [6.07, 6.45) is 0. The highest BCUT2D eigenvalue weighted by atomic mass is 35.5. The fourth-order valence-electron chi connectivity index (χ4n) is 1.76. The van der Waals surface area contributed by atoms with Crippen molar-refractivity contribution in [1.82, 2.24) is 4.57 Å². The molecule has 0 aliphatic rings. The molecule has 0 N–H and O–H groups in total. The van der Waals surface area contributed by atoms with E-state index in [0.29, 0.717) is 5.69 Å². The molecule has 0 aliphatic carbocycles. The smallest absolute Gasteiger partial charge is 0.345 e. The van der Waals surface area contributed by atoms with Gasteiger partial charge in [-0.15, -0.1) is 0 Å². The molecule has 1 heterocycles. The van der Waals surface area contributed by atoms with E-state index >= 15 is 0 Å². The van der Waals surface area contributed by atoms with E-state index in [4.69, 9.17) is 27.9 Å². The zero-order valence-electron chi connectivity index (χ0n) is 10.6. The SMILES string of the molecule is CCOC(=O)c1c(Cl)cc(Cl)n(-c2ccccc2)c1=O. The van der Waals surface area contributed by atoms with Crippen molar-refractivity contribution in [2.45, 2.75) is 6.92 Å². The molecular weight excluding hydrogens is 301 g/mol. The minimum absolute atomic E-state index is 0.0226. The van der Waals surface area contributed by atoms with Crippen molar-refractivity contribution in [2.24, 2.45) is 0 Å². The minimum Gasteiger partial charge on any atom is -0.462 e. The molecule has 6 heteroatoms. The maximum Gasteiger partial charge on any atom is 0.345 e. The van der Waals surface area contributed by atoms with Gasteiger partial charge < -0.3 is 4.74 Å². The second kappa shape index (κ2) is 6.11. The number of rotatable bonds is 3. The normalized spacial score (nSPS) is 10.3. The van der Waals surface area contributed by atoms with Crippen LogP contribution in [-0.4, -0.2) is 17.1 Å². The van der Waals surface area contributed by atoms with Crippen LogP contribution in [0.25, 0.3) is 5.69 Å². The van der Waals surface area contributed by atoms with Gasteiger partial charge in [-0.2, -0.15) is 0 Å². The lowest BCUT2D eigenvalue weighted by atomic mass is 10.2. The highest BCUT2D eigenvalue weighted by Gasteiger charge is 2.21. The number of para-hydroxylation sites is 1. The summed E-state index contributed by atoms with van der Waals surface area (Å²) < 4.78 is 6.05. The molecule has 0 fully saturated rings. The van der Waals surface area contributed by atoms with Crippen LogP contribution in [0.5, 0.6) is 0 Å². The predicted molar refractivity (Wildman–Crippen MR) is 78.0 cm³/mol. The molecule has 1 aromatic carbocycles. The van der Waals surface area contributed by atoms with Crippen LogP contribution in [0.15, 0.2) is 41.2 Å². The monoisotopic (exact) mass is 311 g/mol. The fraction of sp³-hybridized carbons (Fsp3) is 0.143. The summed E-state index contributed by atoms with van der Waals surface area (Å²) in [6.45, 7) is 1.81. The zero-order valence-corrected chi connectivity index (χ0v) is 12.1. The summed E-state index contributed by atoms with van der Waals surface area (Å²) in [5, 5.41) is 0.102. The molecule has 0 atom stereocenters. The van der Waals surface area contributed by atoms with Crippen LogP contribution in [0.4, 0.5) is 0 Å². The highest BCUT2D eigenvalue weighted by molar-refractivity contribution is 6.36. The van der Waals surface area contributed by atoms with Crippen molar-refractivity contribution in [2.75, 3.05) is 6.61 Å². The van der Waals surface area contributed by atoms with Gasteiger partial charge in [0.2, 0.25) is 0 Å². The Labute approximate surface area is 125 Å². The fourth-order valence-corrected chi connectivity index (χ4v) is 2.36. The van der Waals surface area contributed by atoms with E-state index < -0.39 is 11.5 Å². The summed E-state index contributed by atoms with van der Waals surface area (Å²) in [4.78, 5) is 24.2. The third kappa shape index (κ3) is 2.71. The van der Waals surface area contributed by atoms with Crippen molar-refractivity contribution in [3.63, 3.8) is 0 Å². The summed E-state index contributed by atoms with van der Waals surface area (Å²) in [7, 11) is 0. The van der Waals surface area contributed by atoms with E-state index in [1.807, 2.05) is 6.07 Å². The van der Waals surface area contributed by atoms with E-state index in [0.717, 1.165) is 0 Å². The Bertz CT molecular complexity index is 696. The Morgan fingerprint density at radius 3 is 2.50 bits per heavy atom. The standard InChI is InChI=1S/C14H11Cl2NO3/c1-2-20-14(19)12-10(15)8-11(16)17(13(12)18)9-6-4-3-5-7-9/h3-8H,2H2,1H3. The van der Waals surface area contributed by atoms with Crippen LogP contribution in [0.3, 0.4) is 0 Å². The first kappa shape index (κ1) is 14.6. The number of esters is 1. The van der Waals surface area contributed by atoms with Crippen LogP contribution < -0.4 is 5.56 Å². The average Bonchev–Trinajstić information content (AvgIpc) is 2.39. The number of hydrogen-bond acceptors (Lipinski definition) is 3. The molecule has 0 spiro atoms. The first-order valence-corrected chi connectivity index (χ1v) is 6.65. The second-order valence-corrected chi connectivity index (χ2v) is 4.68. The molecule has 1 aromatic heterocycles. The van der Waals surface area contributed by atoms with Gasteiger partial charge in [-0.05, 0) is 25.1 Å². The van der Waals surface area contributed by atoms with E-state index in [-0.39, 0.29) is 22.3 Å². The number of benzene rings is 1. The molecule has 0 aliphatic heterocycles. The first-order valence-electron chi connectivity index (χ1n) is 5.89. The predicted octanol–water partition coefficient (Wildman–Crippen LogP) is 3.32. The lowest BCUT2D eigenvalue weighted by molar-refractivity contribution is 0.0524. The van der Waals surface area contributed by atoms with Gasteiger partial charge in [0.15, 0.2) is 0 Å². The van der Waals surface area contributed by atoms with Crippen molar-refractivity contribution < 1.29 is 9.53 Å². The lowest BCUT2D eigenvalue weighted by Crippen LogP contribution is -2.27. The molecular formula is C14H11Cl2NO3. The second-order valence-electron chi connectivity index (χ2n) is 3.89. The van der Waals surface area contributed by atoms with Gasteiger partial charge >= 0.3 is 5.97 Å². The Morgan fingerprint density at radius 1 is 1.25 bits per heavy atom. The van der Waals surface area contributed by atoms with Gasteiger partial charge in [-0.3, -0.25) is 9.36 Å². The van der Waals surface area contributed by atoms with Gasteiger partial charge in [0.05, 0.1) is 17.3 Å². The van der Waals surface area contributed by atoms with E-state index in [1.165, 1.54) is 10.6 Å². The molecule has 0 radical (unpaired) electrons. The molecule has 0 saturated heterocycles. The summed E-state index contributed by atoms with van der Waals surface area (Å²) in [6, 6.07) is 10.1. The van der Waals surface area contributed by atoms with Crippen LogP contribution in [-0.2, 0) is 4.74 Å². The topological polar surface area (TPSA) is 48.3 Å². The van der Waals surface area contributed by atoms with Gasteiger partial charge in [0, 0.05) is 0 Å². The average molecular weight is 312 g/mol. The molecule has 0 unspecified atom stereocenters. The Kier molecular flexibility index (Phi) is 4.47. The Balaban J connectivity index is 2.69. The number of carbonyl (C=O) groups is 1. The number of halogens is 2. The van der Waals surface area contributed by atoms with Crippen molar-refractivity contribution in [3.05, 3.63) is 62.5 Å². The number of carbonyl (C=O) groups excluding carboxylic acids is 1. The summed E-state index contributed by atoms with van der Waals surface area (Å²) in [5.74, 6) is -0.760. The quantitative estimate of drug-likeness (QED) is 0.645. The molecule has 104 valence electrons. The first-order chi connectivity index (χ1) is 9.56. The minimum atomic E-state index is -0.760. The third-order valence-electron chi connectivity index (χ3n) is 2.61. The van der Waals surface area contributed by atoms with Crippen molar-refractivity contribution in [3.8, 4) is 5.69 Å². The molecule has 0 saturated carbocycles. The number of aromatic nitrogens is 1. The molecule has 0 amide bonds. The Hall–Kier alpha value is -1.78. The van der Waals surface area contributed by atoms with Crippen molar-refractivity contribution >= 4 is 29.2 Å². The van der Waals surface area contributed by atoms with Crippen molar-refractivity contribution in [1.29, 1.82) is 0 Å². The van der Waals surface area contributed by atoms with E-state index in [2.05, 4.69) is 0 Å². The van der Waals surface area contributed by atoms with Gasteiger partial charge in [-0.1, -0.05) is 41.4 Å². The largest absolute Gasteiger partial charge is 0.462 e. The van der Waals surface area contributed by atoms with Crippen LogP contribution in [0.1, 0.15) is 17.3 Å². The zero-order chi connectivity index (χ0) is 14.7. The van der Waals surface area contributed by atoms with Crippen LogP contribution in [0, 0.1) is 0 Å². The van der Waals surface area contributed by atoms with E-state index in [1.54, 1.807) is 31.2 Å². The number of pyridine rings is 1. The summed E-state index contributed by atoms with van der Waals surface area (Å²) in [5.41, 5.74) is -0.279. The number of nitrogens with zero attached hydrogens (tertiary/aromatic N) is 1. The van der Waals surface area contributed by atoms with Gasteiger partial charge in [0.25, 0.3) is 5.56 Å². The van der Waals surface area contributed by atoms with Crippen LogP contribution >= 0.6 is 23.2 Å². The molecule has 20 heavy (non-hydrogen) atoms. The number of hydrogen-bond donors (Lipinski definition) is 0. The third-order valence-corrected chi connectivity index (χ3v) is 3.19. The maximum atomic E-state index is 12.4. The molecule has 2 aromatic rings. The summed E-state index contributed by atoms with van der Waals surface area (Å²) >= 11 is 12.0. The van der Waals surface area contributed by atoms with Crippen LogP contribution in [0.2, 0.25) is 10.2 Å². The highest BCUT2D eigenvalue weighted by Crippen LogP contribution is 2.21. The van der Waals surface area contributed by atoms with Gasteiger partial charge in [-0.25, -0.2) is 4.79 Å². The number of ether oxygens (including phenoxy) is 1. The molecule has 4 nitrogen and oxygen atoms in total. The molecule has 0 bridgehead atoms. The lowest BCUT2D eigenvalue weighted by Gasteiger charge is -2.11. The van der Waals surface area contributed by atoms with Gasteiger partial charge in [0.1, 0.15) is 10.7 Å². The molecule has 2 rings (SSSR count). The maximum absolute atomic E-state index is 12.4.